The van der Waals surface area contributed by atoms with Crippen LogP contribution < -0.4 is 0 Å². The van der Waals surface area contributed by atoms with E-state index in [9.17, 15) is 0 Å². The van der Waals surface area contributed by atoms with Crippen molar-refractivity contribution in [1.29, 1.82) is 0 Å². The van der Waals surface area contributed by atoms with E-state index in [0.29, 0.717) is 11.8 Å². The van der Waals surface area contributed by atoms with Crippen LogP contribution in [0.5, 0.6) is 0 Å². The zero-order valence-electron chi connectivity index (χ0n) is 12.4. The van der Waals surface area contributed by atoms with Gasteiger partial charge in [-0.05, 0) is 46.7 Å². The zero-order valence-corrected chi connectivity index (χ0v) is 12.4. The molecule has 1 nitrogen and oxygen atoms in total. The predicted octanol–water partition coefficient (Wildman–Crippen LogP) is 4.46. The predicted molar refractivity (Wildman–Crippen MR) is 88.2 cm³/mol. The first kappa shape index (κ1) is 12.2. The van der Waals surface area contributed by atoms with Gasteiger partial charge in [0.25, 0.3) is 0 Å². The van der Waals surface area contributed by atoms with Gasteiger partial charge in [-0.2, -0.15) is 0 Å². The van der Waals surface area contributed by atoms with Gasteiger partial charge in [0.15, 0.2) is 0 Å². The Morgan fingerprint density at radius 1 is 0.636 bits per heavy atom. The van der Waals surface area contributed by atoms with E-state index in [0.717, 1.165) is 12.8 Å². The highest BCUT2D eigenvalue weighted by Gasteiger charge is 2.35. The Balaban J connectivity index is 1.81. The van der Waals surface area contributed by atoms with Crippen molar-refractivity contribution in [3.05, 3.63) is 100 Å². The van der Waals surface area contributed by atoms with Gasteiger partial charge >= 0.3 is 0 Å². The van der Waals surface area contributed by atoms with Gasteiger partial charge in [0, 0.05) is 18.0 Å². The Labute approximate surface area is 130 Å². The van der Waals surface area contributed by atoms with Crippen molar-refractivity contribution in [2.75, 3.05) is 0 Å². The normalized spacial score (nSPS) is 21.3. The number of benzene rings is 2. The fourth-order valence-electron chi connectivity index (χ4n) is 4.30. The fraction of sp³-hybridized carbons (Fsp3) is 0.190. The largest absolute Gasteiger partial charge is 0.260 e. The van der Waals surface area contributed by atoms with Gasteiger partial charge in [0.1, 0.15) is 0 Å². The van der Waals surface area contributed by atoms with Crippen LogP contribution in [0, 0.1) is 0 Å². The van der Waals surface area contributed by atoms with Crippen molar-refractivity contribution in [3.63, 3.8) is 0 Å². The van der Waals surface area contributed by atoms with E-state index in [1.165, 1.54) is 33.5 Å². The topological polar surface area (TPSA) is 12.9 Å². The van der Waals surface area contributed by atoms with Crippen LogP contribution in [0.4, 0.5) is 0 Å². The van der Waals surface area contributed by atoms with Crippen molar-refractivity contribution in [1.82, 2.24) is 4.98 Å². The maximum atomic E-state index is 4.78. The summed E-state index contributed by atoms with van der Waals surface area (Å²) in [5, 5.41) is 0. The van der Waals surface area contributed by atoms with Crippen molar-refractivity contribution < 1.29 is 0 Å². The highest BCUT2D eigenvalue weighted by Crippen LogP contribution is 2.47. The third-order valence-electron chi connectivity index (χ3n) is 5.29. The van der Waals surface area contributed by atoms with Crippen LogP contribution in [0.25, 0.3) is 0 Å². The molecule has 0 saturated heterocycles. The molecule has 22 heavy (non-hydrogen) atoms. The first-order valence-corrected chi connectivity index (χ1v) is 8.02. The molecule has 0 saturated carbocycles. The van der Waals surface area contributed by atoms with Crippen molar-refractivity contribution in [2.45, 2.75) is 24.7 Å². The summed E-state index contributed by atoms with van der Waals surface area (Å²) < 4.78 is 0. The Kier molecular flexibility index (Phi) is 2.51. The maximum Gasteiger partial charge on any atom is 0.0520 e. The third-order valence-corrected chi connectivity index (χ3v) is 5.29. The molecule has 0 fully saturated rings. The molecule has 0 spiro atoms. The molecule has 1 heterocycles. The SMILES string of the molecule is c1ccc2c(c1)C[C@H]1c3ccccc3[C@@H](C2)c2ncccc21. The summed E-state index contributed by atoms with van der Waals surface area (Å²) in [5.41, 5.74) is 8.70. The van der Waals surface area contributed by atoms with Gasteiger partial charge in [-0.15, -0.1) is 0 Å². The molecule has 106 valence electrons. The quantitative estimate of drug-likeness (QED) is 0.593. The molecule has 2 bridgehead atoms. The Hall–Kier alpha value is -2.41. The number of nitrogens with zero attached hydrogens (tertiary/aromatic N) is 1. The molecule has 1 heteroatoms. The minimum Gasteiger partial charge on any atom is -0.260 e. The van der Waals surface area contributed by atoms with Gasteiger partial charge in [0.2, 0.25) is 0 Å². The summed E-state index contributed by atoms with van der Waals surface area (Å²) >= 11 is 0. The summed E-state index contributed by atoms with van der Waals surface area (Å²) in [6.07, 6.45) is 4.09. The van der Waals surface area contributed by atoms with Crippen molar-refractivity contribution >= 4 is 0 Å². The molecule has 0 unspecified atom stereocenters. The summed E-state index contributed by atoms with van der Waals surface area (Å²) in [6.45, 7) is 0. The highest BCUT2D eigenvalue weighted by atomic mass is 14.7. The van der Waals surface area contributed by atoms with Gasteiger partial charge in [-0.3, -0.25) is 4.98 Å². The number of hydrogen-bond acceptors (Lipinski definition) is 1. The van der Waals surface area contributed by atoms with Crippen LogP contribution in [0.2, 0.25) is 0 Å². The van der Waals surface area contributed by atoms with Gasteiger partial charge in [-0.25, -0.2) is 0 Å². The van der Waals surface area contributed by atoms with Gasteiger partial charge in [0.05, 0.1) is 5.69 Å². The second kappa shape index (κ2) is 4.54. The molecule has 0 aliphatic heterocycles. The monoisotopic (exact) mass is 283 g/mol. The third kappa shape index (κ3) is 1.62. The Morgan fingerprint density at radius 3 is 2.00 bits per heavy atom. The Morgan fingerprint density at radius 2 is 1.23 bits per heavy atom. The lowest BCUT2D eigenvalue weighted by Crippen LogP contribution is -2.25. The minimum absolute atomic E-state index is 0.394. The lowest BCUT2D eigenvalue weighted by molar-refractivity contribution is 0.636. The molecule has 2 atom stereocenters. The molecular weight excluding hydrogens is 266 g/mol. The first-order chi connectivity index (χ1) is 10.9. The van der Waals surface area contributed by atoms with Crippen LogP contribution in [0.15, 0.2) is 66.9 Å². The van der Waals surface area contributed by atoms with Crippen LogP contribution >= 0.6 is 0 Å². The maximum absolute atomic E-state index is 4.78. The molecule has 0 amide bonds. The molecule has 1 aromatic heterocycles. The fourth-order valence-corrected chi connectivity index (χ4v) is 4.30. The first-order valence-electron chi connectivity index (χ1n) is 8.02. The van der Waals surface area contributed by atoms with Crippen molar-refractivity contribution in [2.24, 2.45) is 0 Å². The lowest BCUT2D eigenvalue weighted by Gasteiger charge is -2.36. The lowest BCUT2D eigenvalue weighted by atomic mass is 9.68. The standard InChI is InChI=1S/C21H17N/c1-2-7-15-13-20-17-9-4-3-8-16(17)19(12-14(15)6-1)18-10-5-11-22-21(18)20/h1-11,19-20H,12-13H2/t19-,20+/m0/s1. The van der Waals surface area contributed by atoms with E-state index in [1.54, 1.807) is 0 Å². The summed E-state index contributed by atoms with van der Waals surface area (Å²) in [5.74, 6) is 0.836. The van der Waals surface area contributed by atoms with Crippen LogP contribution in [-0.2, 0) is 12.8 Å². The number of rotatable bonds is 0. The zero-order chi connectivity index (χ0) is 14.5. The van der Waals surface area contributed by atoms with Crippen LogP contribution in [-0.4, -0.2) is 4.98 Å². The summed E-state index contributed by atoms with van der Waals surface area (Å²) in [6, 6.07) is 22.3. The minimum atomic E-state index is 0.394. The van der Waals surface area contributed by atoms with E-state index < -0.39 is 0 Å². The average Bonchev–Trinajstić information content (AvgIpc) is 2.56. The van der Waals surface area contributed by atoms with Crippen LogP contribution in [0.3, 0.4) is 0 Å². The molecule has 3 aromatic rings. The van der Waals surface area contributed by atoms with E-state index >= 15 is 0 Å². The number of pyridine rings is 1. The van der Waals surface area contributed by atoms with E-state index in [-0.39, 0.29) is 0 Å². The summed E-state index contributed by atoms with van der Waals surface area (Å²) in [4.78, 5) is 4.78. The molecule has 3 aliphatic rings. The average molecular weight is 283 g/mol. The molecule has 6 rings (SSSR count). The number of hydrogen-bond donors (Lipinski definition) is 0. The van der Waals surface area contributed by atoms with Crippen molar-refractivity contribution in [3.8, 4) is 0 Å². The van der Waals surface area contributed by atoms with Crippen LogP contribution in [0.1, 0.15) is 45.3 Å². The summed E-state index contributed by atoms with van der Waals surface area (Å²) in [7, 11) is 0. The van der Waals surface area contributed by atoms with Gasteiger partial charge in [-0.1, -0.05) is 54.6 Å². The molecule has 3 aliphatic carbocycles. The molecule has 0 N–H and O–H groups in total. The molecule has 2 aromatic carbocycles. The molecular formula is C21H17N. The van der Waals surface area contributed by atoms with E-state index in [2.05, 4.69) is 60.7 Å². The second-order valence-electron chi connectivity index (χ2n) is 6.39. The molecule has 0 radical (unpaired) electrons. The highest BCUT2D eigenvalue weighted by molar-refractivity contribution is 5.54. The van der Waals surface area contributed by atoms with E-state index in [4.69, 9.17) is 4.98 Å². The van der Waals surface area contributed by atoms with E-state index in [1.807, 2.05) is 6.20 Å². The second-order valence-corrected chi connectivity index (χ2v) is 6.39. The number of aromatic nitrogens is 1. The Bertz CT molecular complexity index is 747. The smallest absolute Gasteiger partial charge is 0.0520 e. The van der Waals surface area contributed by atoms with Gasteiger partial charge < -0.3 is 0 Å².